The Morgan fingerprint density at radius 3 is 2.35 bits per heavy atom. The van der Waals surface area contributed by atoms with Crippen LogP contribution in [0.5, 0.6) is 0 Å². The van der Waals surface area contributed by atoms with E-state index in [4.69, 9.17) is 23.7 Å². The van der Waals surface area contributed by atoms with Crippen molar-refractivity contribution in [1.29, 1.82) is 0 Å². The third kappa shape index (κ3) is 5.51. The predicted molar refractivity (Wildman–Crippen MR) is 77.7 cm³/mol. The Bertz CT molecular complexity index is 584. The molecule has 0 aromatic heterocycles. The number of nitrogens with two attached hydrogens (primary N) is 2. The molecule has 1 aromatic carbocycles. The zero-order valence-corrected chi connectivity index (χ0v) is 12.2. The van der Waals surface area contributed by atoms with E-state index >= 15 is 0 Å². The molecule has 0 radical (unpaired) electrons. The van der Waals surface area contributed by atoms with Crippen LogP contribution in [0.1, 0.15) is 5.56 Å². The lowest BCUT2D eigenvalue weighted by molar-refractivity contribution is 0.159. The minimum atomic E-state index is -3.65. The maximum absolute atomic E-state index is 11.9. The number of carbonyl (C=O) groups is 1. The van der Waals surface area contributed by atoms with Crippen molar-refractivity contribution in [2.75, 3.05) is 13.2 Å². The van der Waals surface area contributed by atoms with E-state index in [1.807, 2.05) is 0 Å². The highest BCUT2D eigenvalue weighted by Crippen LogP contribution is 2.10. The number of benzene rings is 1. The molecule has 0 aliphatic rings. The van der Waals surface area contributed by atoms with Crippen molar-refractivity contribution in [1.82, 2.24) is 4.72 Å². The summed E-state index contributed by atoms with van der Waals surface area (Å²) in [6.45, 7) is -0.187. The van der Waals surface area contributed by atoms with Gasteiger partial charge in [0.15, 0.2) is 0 Å². The molecule has 0 spiro atoms. The molecule has 110 valence electrons. The van der Waals surface area contributed by atoms with Crippen LogP contribution >= 0.6 is 12.2 Å². The van der Waals surface area contributed by atoms with Gasteiger partial charge in [0.25, 0.3) is 0 Å². The molecule has 0 heterocycles. The van der Waals surface area contributed by atoms with Gasteiger partial charge < -0.3 is 16.2 Å². The Kier molecular flexibility index (Phi) is 5.86. The molecule has 0 aliphatic heterocycles. The van der Waals surface area contributed by atoms with Crippen molar-refractivity contribution in [3.8, 4) is 0 Å². The summed E-state index contributed by atoms with van der Waals surface area (Å²) in [4.78, 5) is 10.8. The highest BCUT2D eigenvalue weighted by molar-refractivity contribution is 7.89. The Balaban J connectivity index is 2.63. The van der Waals surface area contributed by atoms with Crippen LogP contribution in [0.2, 0.25) is 0 Å². The van der Waals surface area contributed by atoms with Gasteiger partial charge in [0, 0.05) is 13.0 Å². The quantitative estimate of drug-likeness (QED) is 0.476. The molecule has 0 fully saturated rings. The number of hydrogen-bond acceptors (Lipinski definition) is 5. The normalized spacial score (nSPS) is 11.0. The van der Waals surface area contributed by atoms with Crippen LogP contribution in [0.25, 0.3) is 0 Å². The molecule has 20 heavy (non-hydrogen) atoms. The van der Waals surface area contributed by atoms with Crippen LogP contribution in [-0.2, 0) is 21.2 Å². The summed E-state index contributed by atoms with van der Waals surface area (Å²) in [5, 5.41) is 0. The molecule has 0 unspecified atom stereocenters. The van der Waals surface area contributed by atoms with E-state index in [-0.39, 0.29) is 18.0 Å². The minimum Gasteiger partial charge on any atom is -0.448 e. The van der Waals surface area contributed by atoms with Gasteiger partial charge in [-0.25, -0.2) is 17.9 Å². The molecule has 0 aliphatic carbocycles. The monoisotopic (exact) mass is 317 g/mol. The largest absolute Gasteiger partial charge is 0.448 e. The summed E-state index contributed by atoms with van der Waals surface area (Å²) < 4.78 is 30.5. The summed E-state index contributed by atoms with van der Waals surface area (Å²) >= 11 is 4.77. The van der Waals surface area contributed by atoms with E-state index in [2.05, 4.69) is 9.46 Å². The number of amides is 1. The van der Waals surface area contributed by atoms with Crippen molar-refractivity contribution in [3.05, 3.63) is 29.8 Å². The molecule has 0 saturated heterocycles. The van der Waals surface area contributed by atoms with E-state index in [1.54, 1.807) is 12.1 Å². The van der Waals surface area contributed by atoms with Crippen molar-refractivity contribution >= 4 is 33.3 Å². The van der Waals surface area contributed by atoms with E-state index in [1.165, 1.54) is 12.1 Å². The van der Waals surface area contributed by atoms with Gasteiger partial charge in [-0.1, -0.05) is 24.4 Å². The Hall–Kier alpha value is -1.71. The zero-order valence-electron chi connectivity index (χ0n) is 10.5. The summed E-state index contributed by atoms with van der Waals surface area (Å²) in [6, 6.07) is 6.16. The lowest BCUT2D eigenvalue weighted by Crippen LogP contribution is -2.29. The first-order chi connectivity index (χ1) is 9.31. The van der Waals surface area contributed by atoms with Gasteiger partial charge >= 0.3 is 6.09 Å². The van der Waals surface area contributed by atoms with Crippen molar-refractivity contribution < 1.29 is 17.9 Å². The Morgan fingerprint density at radius 1 is 1.25 bits per heavy atom. The fraction of sp³-hybridized carbons (Fsp3) is 0.273. The Labute approximate surface area is 122 Å². The van der Waals surface area contributed by atoms with Gasteiger partial charge in [0.05, 0.1) is 9.88 Å². The van der Waals surface area contributed by atoms with Gasteiger partial charge in [0.1, 0.15) is 6.61 Å². The first-order valence-electron chi connectivity index (χ1n) is 5.60. The molecule has 9 heteroatoms. The third-order valence-electron chi connectivity index (χ3n) is 2.25. The molecule has 0 atom stereocenters. The topological polar surface area (TPSA) is 125 Å². The summed E-state index contributed by atoms with van der Waals surface area (Å²) in [5.74, 6) is 0. The van der Waals surface area contributed by atoms with Crippen LogP contribution in [0.15, 0.2) is 29.2 Å². The predicted octanol–water partition coefficient (Wildman–Crippen LogP) is -0.111. The second-order valence-corrected chi connectivity index (χ2v) is 6.14. The van der Waals surface area contributed by atoms with Crippen molar-refractivity contribution in [3.63, 3.8) is 0 Å². The van der Waals surface area contributed by atoms with Gasteiger partial charge in [-0.2, -0.15) is 0 Å². The van der Waals surface area contributed by atoms with Crippen molar-refractivity contribution in [2.24, 2.45) is 11.5 Å². The average molecular weight is 317 g/mol. The molecule has 7 nitrogen and oxygen atoms in total. The van der Waals surface area contributed by atoms with Crippen molar-refractivity contribution in [2.45, 2.75) is 11.3 Å². The Morgan fingerprint density at radius 2 is 1.85 bits per heavy atom. The average Bonchev–Trinajstić information content (AvgIpc) is 2.34. The van der Waals surface area contributed by atoms with Crippen LogP contribution < -0.4 is 16.2 Å². The molecule has 1 aromatic rings. The third-order valence-corrected chi connectivity index (χ3v) is 3.87. The fourth-order valence-electron chi connectivity index (χ4n) is 1.40. The van der Waals surface area contributed by atoms with Gasteiger partial charge in [-0.15, -0.1) is 0 Å². The summed E-state index contributed by atoms with van der Waals surface area (Å²) in [5.41, 5.74) is 11.0. The van der Waals surface area contributed by atoms with Crippen LogP contribution in [-0.4, -0.2) is 32.7 Å². The molecule has 0 saturated carbocycles. The molecule has 5 N–H and O–H groups in total. The van der Waals surface area contributed by atoms with Crippen LogP contribution in [0.4, 0.5) is 4.79 Å². The number of sulfonamides is 1. The molecular weight excluding hydrogens is 302 g/mol. The SMILES string of the molecule is NC(=O)OCCNS(=O)(=O)c1ccc(CC(N)=S)cc1. The number of thiocarbonyl (C=S) groups is 1. The molecule has 1 amide bonds. The smallest absolute Gasteiger partial charge is 0.404 e. The fourth-order valence-corrected chi connectivity index (χ4v) is 2.58. The highest BCUT2D eigenvalue weighted by Gasteiger charge is 2.13. The van der Waals surface area contributed by atoms with E-state index in [0.29, 0.717) is 11.4 Å². The highest BCUT2D eigenvalue weighted by atomic mass is 32.2. The standard InChI is InChI=1S/C11H15N3O4S2/c12-10(19)7-8-1-3-9(4-2-8)20(16,17)14-5-6-18-11(13)15/h1-4,14H,5-7H2,(H2,12,19)(H2,13,15). The lowest BCUT2D eigenvalue weighted by atomic mass is 10.1. The number of primary amides is 1. The summed E-state index contributed by atoms with van der Waals surface area (Å²) in [7, 11) is -3.65. The second-order valence-electron chi connectivity index (χ2n) is 3.85. The van der Waals surface area contributed by atoms with E-state index < -0.39 is 16.1 Å². The minimum absolute atomic E-state index is 0.0556. The maximum Gasteiger partial charge on any atom is 0.404 e. The lowest BCUT2D eigenvalue weighted by Gasteiger charge is -2.07. The first kappa shape index (κ1) is 16.3. The number of carbonyl (C=O) groups excluding carboxylic acids is 1. The van der Waals surface area contributed by atoms with Gasteiger partial charge in [-0.05, 0) is 17.7 Å². The second kappa shape index (κ2) is 7.17. The van der Waals surface area contributed by atoms with Crippen LogP contribution in [0, 0.1) is 0 Å². The molecule has 0 bridgehead atoms. The summed E-state index contributed by atoms with van der Waals surface area (Å²) in [6.07, 6.45) is -0.540. The number of hydrogen-bond donors (Lipinski definition) is 3. The first-order valence-corrected chi connectivity index (χ1v) is 7.49. The number of rotatable bonds is 7. The number of nitrogens with one attached hydrogen (secondary N) is 1. The van der Waals surface area contributed by atoms with Gasteiger partial charge in [0.2, 0.25) is 10.0 Å². The molecular formula is C11H15N3O4S2. The molecule has 1 rings (SSSR count). The number of ether oxygens (including phenoxy) is 1. The van der Waals surface area contributed by atoms with E-state index in [9.17, 15) is 13.2 Å². The van der Waals surface area contributed by atoms with Crippen LogP contribution in [0.3, 0.4) is 0 Å². The zero-order chi connectivity index (χ0) is 15.2. The maximum atomic E-state index is 11.9. The van der Waals surface area contributed by atoms with E-state index in [0.717, 1.165) is 5.56 Å². The van der Waals surface area contributed by atoms with Gasteiger partial charge in [-0.3, -0.25) is 0 Å².